The summed E-state index contributed by atoms with van der Waals surface area (Å²) in [6.45, 7) is 4.19. The standard InChI is InChI=1S/C9H16N2O3/c1-6-8(2-3-13-6)10-4-7-5-11-9(12)14-7/h6-8,10H,2-5H2,1H3,(H,11,12)/t6-,7?,8-/m1/s1. The predicted octanol–water partition coefficient (Wildman–Crippen LogP) is -0.138. The van der Waals surface area contributed by atoms with E-state index >= 15 is 0 Å². The summed E-state index contributed by atoms with van der Waals surface area (Å²) in [5, 5.41) is 5.98. The quantitative estimate of drug-likeness (QED) is 0.666. The molecule has 0 radical (unpaired) electrons. The molecular formula is C9H16N2O3. The van der Waals surface area contributed by atoms with Crippen LogP contribution in [0.15, 0.2) is 0 Å². The zero-order chi connectivity index (χ0) is 9.97. The molecule has 1 unspecified atom stereocenters. The van der Waals surface area contributed by atoms with Gasteiger partial charge in [0.05, 0.1) is 12.6 Å². The van der Waals surface area contributed by atoms with Crippen molar-refractivity contribution < 1.29 is 14.3 Å². The Balaban J connectivity index is 1.69. The number of nitrogens with one attached hydrogen (secondary N) is 2. The first-order valence-corrected chi connectivity index (χ1v) is 5.05. The number of carbonyl (C=O) groups is 1. The molecule has 80 valence electrons. The summed E-state index contributed by atoms with van der Waals surface area (Å²) in [5.41, 5.74) is 0. The van der Waals surface area contributed by atoms with Gasteiger partial charge in [0.15, 0.2) is 0 Å². The van der Waals surface area contributed by atoms with Crippen molar-refractivity contribution in [2.75, 3.05) is 19.7 Å². The SMILES string of the molecule is C[C@H]1OCC[C@H]1NCC1CNC(=O)O1. The zero-order valence-electron chi connectivity index (χ0n) is 8.29. The number of cyclic esters (lactones) is 1. The third kappa shape index (κ3) is 2.16. The zero-order valence-corrected chi connectivity index (χ0v) is 8.29. The molecule has 0 saturated carbocycles. The number of hydrogen-bond donors (Lipinski definition) is 2. The molecular weight excluding hydrogens is 184 g/mol. The minimum atomic E-state index is -0.312. The van der Waals surface area contributed by atoms with Gasteiger partial charge in [-0.25, -0.2) is 4.79 Å². The van der Waals surface area contributed by atoms with Gasteiger partial charge < -0.3 is 20.1 Å². The fourth-order valence-electron chi connectivity index (χ4n) is 1.83. The van der Waals surface area contributed by atoms with Crippen LogP contribution in [-0.4, -0.2) is 44.0 Å². The summed E-state index contributed by atoms with van der Waals surface area (Å²) in [5.74, 6) is 0. The highest BCUT2D eigenvalue weighted by molar-refractivity contribution is 5.69. The van der Waals surface area contributed by atoms with Gasteiger partial charge in [-0.05, 0) is 13.3 Å². The summed E-state index contributed by atoms with van der Waals surface area (Å²) in [6, 6.07) is 0.398. The average Bonchev–Trinajstić information content (AvgIpc) is 2.72. The van der Waals surface area contributed by atoms with Gasteiger partial charge in [0.1, 0.15) is 6.10 Å². The van der Waals surface area contributed by atoms with E-state index < -0.39 is 0 Å². The van der Waals surface area contributed by atoms with Crippen molar-refractivity contribution in [2.24, 2.45) is 0 Å². The first kappa shape index (κ1) is 9.73. The number of ether oxygens (including phenoxy) is 2. The molecule has 2 aliphatic heterocycles. The van der Waals surface area contributed by atoms with Gasteiger partial charge in [0, 0.05) is 19.2 Å². The van der Waals surface area contributed by atoms with Crippen LogP contribution in [-0.2, 0) is 9.47 Å². The second-order valence-corrected chi connectivity index (χ2v) is 3.79. The van der Waals surface area contributed by atoms with Gasteiger partial charge in [-0.2, -0.15) is 0 Å². The lowest BCUT2D eigenvalue weighted by Crippen LogP contribution is -2.40. The minimum Gasteiger partial charge on any atom is -0.443 e. The summed E-state index contributed by atoms with van der Waals surface area (Å²) < 4.78 is 10.4. The van der Waals surface area contributed by atoms with Crippen LogP contribution < -0.4 is 10.6 Å². The van der Waals surface area contributed by atoms with E-state index in [2.05, 4.69) is 17.6 Å². The topological polar surface area (TPSA) is 59.6 Å². The summed E-state index contributed by atoms with van der Waals surface area (Å²) in [4.78, 5) is 10.7. The van der Waals surface area contributed by atoms with Crippen molar-refractivity contribution in [1.82, 2.24) is 10.6 Å². The first-order chi connectivity index (χ1) is 6.75. The van der Waals surface area contributed by atoms with Gasteiger partial charge >= 0.3 is 6.09 Å². The number of rotatable bonds is 3. The minimum absolute atomic E-state index is 0.0321. The fourth-order valence-corrected chi connectivity index (χ4v) is 1.83. The number of alkyl carbamates (subject to hydrolysis) is 1. The third-order valence-electron chi connectivity index (χ3n) is 2.73. The summed E-state index contributed by atoms with van der Waals surface area (Å²) in [6.07, 6.45) is 0.956. The Labute approximate surface area is 83.1 Å². The molecule has 2 saturated heterocycles. The Kier molecular flexibility index (Phi) is 2.88. The lowest BCUT2D eigenvalue weighted by atomic mass is 10.1. The lowest BCUT2D eigenvalue weighted by Gasteiger charge is -2.17. The van der Waals surface area contributed by atoms with Crippen LogP contribution in [0.2, 0.25) is 0 Å². The number of carbonyl (C=O) groups excluding carboxylic acids is 1. The van der Waals surface area contributed by atoms with E-state index in [1.54, 1.807) is 0 Å². The monoisotopic (exact) mass is 200 g/mol. The number of amides is 1. The predicted molar refractivity (Wildman–Crippen MR) is 50.1 cm³/mol. The molecule has 5 nitrogen and oxygen atoms in total. The Bertz CT molecular complexity index is 222. The summed E-state index contributed by atoms with van der Waals surface area (Å²) >= 11 is 0. The van der Waals surface area contributed by atoms with E-state index in [9.17, 15) is 4.79 Å². The smallest absolute Gasteiger partial charge is 0.407 e. The van der Waals surface area contributed by atoms with Crippen LogP contribution in [0, 0.1) is 0 Å². The molecule has 2 heterocycles. The first-order valence-electron chi connectivity index (χ1n) is 5.05. The van der Waals surface area contributed by atoms with Crippen LogP contribution in [0.1, 0.15) is 13.3 Å². The molecule has 0 aliphatic carbocycles. The Hall–Kier alpha value is -0.810. The second-order valence-electron chi connectivity index (χ2n) is 3.79. The molecule has 14 heavy (non-hydrogen) atoms. The molecule has 0 spiro atoms. The van der Waals surface area contributed by atoms with Gasteiger partial charge in [0.25, 0.3) is 0 Å². The largest absolute Gasteiger partial charge is 0.443 e. The van der Waals surface area contributed by atoms with E-state index in [4.69, 9.17) is 9.47 Å². The molecule has 0 aromatic carbocycles. The maximum absolute atomic E-state index is 10.7. The molecule has 0 aromatic rings. The van der Waals surface area contributed by atoms with E-state index in [1.807, 2.05) is 0 Å². The molecule has 5 heteroatoms. The van der Waals surface area contributed by atoms with Crippen LogP contribution >= 0.6 is 0 Å². The van der Waals surface area contributed by atoms with Crippen LogP contribution in [0.4, 0.5) is 4.79 Å². The highest BCUT2D eigenvalue weighted by Gasteiger charge is 2.27. The molecule has 0 bridgehead atoms. The molecule has 2 fully saturated rings. The van der Waals surface area contributed by atoms with Crippen molar-refractivity contribution >= 4 is 6.09 Å². The van der Waals surface area contributed by atoms with Crippen molar-refractivity contribution in [3.63, 3.8) is 0 Å². The van der Waals surface area contributed by atoms with E-state index in [0.29, 0.717) is 19.1 Å². The average molecular weight is 200 g/mol. The Morgan fingerprint density at radius 3 is 3.07 bits per heavy atom. The molecule has 2 rings (SSSR count). The van der Waals surface area contributed by atoms with Crippen molar-refractivity contribution in [2.45, 2.75) is 31.6 Å². The lowest BCUT2D eigenvalue weighted by molar-refractivity contribution is 0.106. The molecule has 3 atom stereocenters. The normalized spacial score (nSPS) is 36.9. The summed E-state index contributed by atoms with van der Waals surface area (Å²) in [7, 11) is 0. The molecule has 0 aromatic heterocycles. The maximum Gasteiger partial charge on any atom is 0.407 e. The van der Waals surface area contributed by atoms with E-state index in [0.717, 1.165) is 13.0 Å². The molecule has 2 N–H and O–H groups in total. The second kappa shape index (κ2) is 4.14. The Morgan fingerprint density at radius 2 is 2.50 bits per heavy atom. The van der Waals surface area contributed by atoms with Crippen molar-refractivity contribution in [1.29, 1.82) is 0 Å². The third-order valence-corrected chi connectivity index (χ3v) is 2.73. The molecule has 1 amide bonds. The van der Waals surface area contributed by atoms with Crippen molar-refractivity contribution in [3.8, 4) is 0 Å². The molecule has 2 aliphatic rings. The van der Waals surface area contributed by atoms with Gasteiger partial charge in [-0.1, -0.05) is 0 Å². The van der Waals surface area contributed by atoms with Gasteiger partial charge in [0.2, 0.25) is 0 Å². The Morgan fingerprint density at radius 1 is 1.64 bits per heavy atom. The number of hydrogen-bond acceptors (Lipinski definition) is 4. The fraction of sp³-hybridized carbons (Fsp3) is 0.889. The van der Waals surface area contributed by atoms with Crippen LogP contribution in [0.5, 0.6) is 0 Å². The van der Waals surface area contributed by atoms with E-state index in [-0.39, 0.29) is 18.3 Å². The van der Waals surface area contributed by atoms with Gasteiger partial charge in [-0.15, -0.1) is 0 Å². The van der Waals surface area contributed by atoms with E-state index in [1.165, 1.54) is 0 Å². The van der Waals surface area contributed by atoms with Crippen molar-refractivity contribution in [3.05, 3.63) is 0 Å². The van der Waals surface area contributed by atoms with Crippen LogP contribution in [0.3, 0.4) is 0 Å². The highest BCUT2D eigenvalue weighted by atomic mass is 16.6. The maximum atomic E-state index is 10.7. The highest BCUT2D eigenvalue weighted by Crippen LogP contribution is 2.12. The van der Waals surface area contributed by atoms with Crippen LogP contribution in [0.25, 0.3) is 0 Å². The van der Waals surface area contributed by atoms with Gasteiger partial charge in [-0.3, -0.25) is 0 Å².